The minimum Gasteiger partial charge on any atom is -0.799 e. The maximum Gasteiger partial charge on any atom is 0.0244 e. The van der Waals surface area contributed by atoms with E-state index in [-0.39, 0.29) is 19.8 Å². The molecule has 0 amide bonds. The lowest BCUT2D eigenvalue weighted by Gasteiger charge is -2.18. The minimum atomic E-state index is -4.67. The number of hydrogen-bond acceptors (Lipinski definition) is 3. The van der Waals surface area contributed by atoms with Gasteiger partial charge in [0.2, 0.25) is 0 Å². The van der Waals surface area contributed by atoms with Crippen LogP contribution in [0.15, 0.2) is 0 Å². The van der Waals surface area contributed by atoms with E-state index in [9.17, 15) is 0 Å². The average Bonchev–Trinajstić information content (AvgIpc) is 0.722. The molecule has 48 valence electrons. The second kappa shape index (κ2) is 5.44. The van der Waals surface area contributed by atoms with Crippen molar-refractivity contribution in [3.63, 3.8) is 0 Å². The Labute approximate surface area is 53.0 Å². The molecule has 0 spiro atoms. The van der Waals surface area contributed by atoms with Gasteiger partial charge in [0, 0.05) is 6.95 Å². The van der Waals surface area contributed by atoms with Crippen molar-refractivity contribution in [1.29, 1.82) is 0 Å². The van der Waals surface area contributed by atoms with Gasteiger partial charge in [0.15, 0.2) is 0 Å². The molecular formula is H8ClO3P3. The zero-order valence-corrected chi connectivity index (χ0v) is 9.70. The van der Waals surface area contributed by atoms with Crippen LogP contribution in [0, 0.1) is 0 Å². The molecule has 7 heavy (non-hydrogen) atoms. The molecule has 0 radical (unpaired) electrons. The summed E-state index contributed by atoms with van der Waals surface area (Å²) in [5.41, 5.74) is 0. The first-order valence-corrected chi connectivity index (χ1v) is 3.16. The molecule has 0 aliphatic carbocycles. The molecule has 0 N–H and O–H groups in total. The molecule has 0 aromatic carbocycles. The van der Waals surface area contributed by atoms with Gasteiger partial charge in [-0.3, -0.25) is 0 Å². The molecule has 0 saturated carbocycles. The summed E-state index contributed by atoms with van der Waals surface area (Å²) in [6, 6.07) is 0. The fourth-order valence-corrected chi connectivity index (χ4v) is 0. The lowest BCUT2D eigenvalue weighted by atomic mass is 15.8. The molecule has 0 aromatic heterocycles. The summed E-state index contributed by atoms with van der Waals surface area (Å²) in [7, 11) is 0. The van der Waals surface area contributed by atoms with Crippen LogP contribution in [0.25, 0.3) is 0 Å². The Morgan fingerprint density at radius 1 is 1.29 bits per heavy atom. The van der Waals surface area contributed by atoms with Crippen LogP contribution in [0.3, 0.4) is 0 Å². The summed E-state index contributed by atoms with van der Waals surface area (Å²) in [5.74, 6) is 0. The first kappa shape index (κ1) is 15.7. The van der Waals surface area contributed by atoms with Crippen LogP contribution in [0.5, 0.6) is 0 Å². The Balaban J connectivity index is -0.0000000800. The molecule has 0 fully saturated rings. The van der Waals surface area contributed by atoms with E-state index in [0.29, 0.717) is 0 Å². The van der Waals surface area contributed by atoms with E-state index in [4.69, 9.17) is 14.4 Å². The molecule has 0 aliphatic rings. The van der Waals surface area contributed by atoms with E-state index in [0.717, 1.165) is 0 Å². The highest BCUT2D eigenvalue weighted by Crippen LogP contribution is 2.28. The summed E-state index contributed by atoms with van der Waals surface area (Å²) < 4.78 is 8.87. The molecule has 0 bridgehead atoms. The zero-order chi connectivity index (χ0) is 4.50. The van der Waals surface area contributed by atoms with E-state index >= 15 is 0 Å². The highest BCUT2D eigenvalue weighted by atomic mass is 35.7. The van der Waals surface area contributed by atoms with Crippen molar-refractivity contribution in [3.8, 4) is 0 Å². The molecular weight excluding hydrogens is 176 g/mol. The maximum absolute atomic E-state index is 8.87. The second-order valence-electron chi connectivity index (χ2n) is 0.431. The van der Waals surface area contributed by atoms with E-state index in [1.165, 1.54) is 0 Å². The van der Waals surface area contributed by atoms with Crippen LogP contribution in [-0.4, -0.2) is 0 Å². The van der Waals surface area contributed by atoms with Gasteiger partial charge in [-0.25, -0.2) is 0 Å². The lowest BCUT2D eigenvalue weighted by molar-refractivity contribution is -0.304. The summed E-state index contributed by atoms with van der Waals surface area (Å²) in [6.07, 6.45) is 0. The van der Waals surface area contributed by atoms with Crippen molar-refractivity contribution in [1.82, 2.24) is 0 Å². The molecule has 2 atom stereocenters. The smallest absolute Gasteiger partial charge is 0.0244 e. The Bertz CT molecular complexity index is 56.3. The molecule has 0 aliphatic heterocycles. The van der Waals surface area contributed by atoms with Gasteiger partial charge in [-0.1, -0.05) is 11.2 Å². The molecule has 0 saturated heterocycles. The predicted octanol–water partition coefficient (Wildman–Crippen LogP) is -1.37. The van der Waals surface area contributed by atoms with Crippen LogP contribution in [0.1, 0.15) is 0 Å². The average molecular weight is 184 g/mol. The molecule has 3 nitrogen and oxygen atoms in total. The Morgan fingerprint density at radius 2 is 1.29 bits per heavy atom. The van der Waals surface area contributed by atoms with E-state index in [1.807, 2.05) is 0 Å². The fourth-order valence-electron chi connectivity index (χ4n) is 0. The normalized spacial score (nSPS) is 8.43. The van der Waals surface area contributed by atoms with Crippen LogP contribution in [-0.2, 0) is 4.57 Å². The van der Waals surface area contributed by atoms with E-state index in [1.54, 1.807) is 0 Å². The third-order valence-electron chi connectivity index (χ3n) is 0. The molecule has 0 heterocycles. The van der Waals surface area contributed by atoms with E-state index < -0.39 is 6.95 Å². The van der Waals surface area contributed by atoms with Gasteiger partial charge in [-0.2, -0.15) is 0 Å². The van der Waals surface area contributed by atoms with E-state index in [2.05, 4.69) is 11.2 Å². The zero-order valence-electron chi connectivity index (χ0n) is 4.05. The standard InChI is InChI=1S/ClH2O3P.2H3P/c1-5(2,3)4;;/h(H2,2,3,4);2*1H3. The van der Waals surface area contributed by atoms with Crippen LogP contribution >= 0.6 is 38.0 Å². The highest BCUT2D eigenvalue weighted by Gasteiger charge is 1.66. The van der Waals surface area contributed by atoms with Gasteiger partial charge in [0.25, 0.3) is 0 Å². The topological polar surface area (TPSA) is 63.2 Å². The van der Waals surface area contributed by atoms with Crippen LogP contribution < -0.4 is 9.79 Å². The van der Waals surface area contributed by atoms with Crippen molar-refractivity contribution in [2.75, 3.05) is 0 Å². The molecule has 2 unspecified atom stereocenters. The van der Waals surface area contributed by atoms with Gasteiger partial charge in [0.05, 0.1) is 0 Å². The lowest BCUT2D eigenvalue weighted by Crippen LogP contribution is -2.06. The first-order valence-electron chi connectivity index (χ1n) is 0.717. The predicted molar refractivity (Wildman–Crippen MR) is 38.5 cm³/mol. The largest absolute Gasteiger partial charge is 0.799 e. The maximum atomic E-state index is 8.87. The van der Waals surface area contributed by atoms with Crippen molar-refractivity contribution >= 4 is 38.0 Å². The monoisotopic (exact) mass is 184 g/mol. The summed E-state index contributed by atoms with van der Waals surface area (Å²) in [5, 5.41) is 0. The van der Waals surface area contributed by atoms with Crippen molar-refractivity contribution in [2.45, 2.75) is 0 Å². The fraction of sp³-hybridized carbons (Fsp3) is 0. The van der Waals surface area contributed by atoms with Gasteiger partial charge in [-0.15, -0.1) is 0 Å². The third-order valence-corrected chi connectivity index (χ3v) is 0. The van der Waals surface area contributed by atoms with Gasteiger partial charge in [-0.05, 0) is 19.8 Å². The summed E-state index contributed by atoms with van der Waals surface area (Å²) >= 11 is 3.97. The molecule has 0 aromatic rings. The van der Waals surface area contributed by atoms with Crippen LogP contribution in [0.4, 0.5) is 0 Å². The Morgan fingerprint density at radius 3 is 1.29 bits per heavy atom. The van der Waals surface area contributed by atoms with Crippen molar-refractivity contribution in [3.05, 3.63) is 0 Å². The number of rotatable bonds is 0. The van der Waals surface area contributed by atoms with Crippen LogP contribution in [0.2, 0.25) is 0 Å². The summed E-state index contributed by atoms with van der Waals surface area (Å²) in [4.78, 5) is 17.7. The summed E-state index contributed by atoms with van der Waals surface area (Å²) in [6.45, 7) is -4.67. The Kier molecular flexibility index (Phi) is 12.2. The van der Waals surface area contributed by atoms with Gasteiger partial charge < -0.3 is 14.4 Å². The number of hydrogen-bond donors (Lipinski definition) is 0. The van der Waals surface area contributed by atoms with Gasteiger partial charge in [0.1, 0.15) is 0 Å². The third kappa shape index (κ3) is 121. The highest BCUT2D eigenvalue weighted by molar-refractivity contribution is 7.77. The quantitative estimate of drug-likeness (QED) is 0.437. The van der Waals surface area contributed by atoms with Gasteiger partial charge >= 0.3 is 0 Å². The van der Waals surface area contributed by atoms with Crippen molar-refractivity contribution in [2.24, 2.45) is 0 Å². The molecule has 0 rings (SSSR count). The van der Waals surface area contributed by atoms with Crippen molar-refractivity contribution < 1.29 is 14.4 Å². The first-order chi connectivity index (χ1) is 2.00. The minimum absolute atomic E-state index is 0. The number of halogens is 1. The Hall–Kier alpha value is 1.30. The SMILES string of the molecule is O=P([O-])([O-])Cl.[PH4+].[PH4+]. The second-order valence-corrected chi connectivity index (χ2v) is 2.53. The molecule has 7 heteroatoms.